The zero-order valence-electron chi connectivity index (χ0n) is 14.9. The van der Waals surface area contributed by atoms with E-state index in [0.29, 0.717) is 5.75 Å². The van der Waals surface area contributed by atoms with Crippen LogP contribution in [0.1, 0.15) is 52.7 Å². The Balaban J connectivity index is 2.70. The van der Waals surface area contributed by atoms with Gasteiger partial charge in [-0.2, -0.15) is 0 Å². The predicted octanol–water partition coefficient (Wildman–Crippen LogP) is 6.27. The van der Waals surface area contributed by atoms with Crippen molar-refractivity contribution in [3.63, 3.8) is 0 Å². The monoisotopic (exact) mass is 329 g/mol. The molecule has 0 spiro atoms. The van der Waals surface area contributed by atoms with Crippen molar-refractivity contribution in [2.24, 2.45) is 0 Å². The van der Waals surface area contributed by atoms with Gasteiger partial charge in [-0.1, -0.05) is 77.9 Å². The van der Waals surface area contributed by atoms with Gasteiger partial charge in [-0.15, -0.1) is 0 Å². The molecule has 0 heterocycles. The van der Waals surface area contributed by atoms with E-state index in [1.807, 2.05) is 24.3 Å². The molecule has 0 N–H and O–H groups in total. The van der Waals surface area contributed by atoms with E-state index >= 15 is 0 Å². The maximum Gasteiger partial charge on any atom is 0.542 e. The molecule has 0 bridgehead atoms. The van der Waals surface area contributed by atoms with Gasteiger partial charge in [-0.25, -0.2) is 0 Å². The van der Waals surface area contributed by atoms with E-state index in [4.69, 9.17) is 4.52 Å². The molecule has 2 aromatic rings. The molecule has 0 radical (unpaired) electrons. The molecule has 23 heavy (non-hydrogen) atoms. The molecule has 3 heteroatoms. The quantitative estimate of drug-likeness (QED) is 0.621. The molecule has 1 atom stereocenters. The first-order valence-electron chi connectivity index (χ1n) is 7.93. The summed E-state index contributed by atoms with van der Waals surface area (Å²) in [5.74, 6) is 0.662. The van der Waals surface area contributed by atoms with Crippen molar-refractivity contribution in [3.8, 4) is 16.9 Å². The summed E-state index contributed by atoms with van der Waals surface area (Å²) in [5.41, 5.74) is 4.82. The van der Waals surface area contributed by atoms with Crippen LogP contribution < -0.4 is 4.52 Å². The van der Waals surface area contributed by atoms with Crippen LogP contribution in [-0.4, -0.2) is 0 Å². The van der Waals surface area contributed by atoms with E-state index in [9.17, 15) is 4.57 Å². The summed E-state index contributed by atoms with van der Waals surface area (Å²) in [5, 5.41) is 0. The first-order valence-corrected chi connectivity index (χ1v) is 8.74. The SMILES string of the molecule is CC(C)(C)c1ccc(-c2ccccc2O[PH+]=O)c(C(C)(C)C)c1. The smallest absolute Gasteiger partial charge is 0.255 e. The Labute approximate surface area is 141 Å². The standard InChI is InChI=1S/C20H26O2P/c1-19(2,3)14-11-12-15(17(13-14)20(4,5)6)16-9-7-8-10-18(16)22-23-21/h7-13,23H,1-6H3/q+1. The van der Waals surface area contributed by atoms with Crippen LogP contribution in [-0.2, 0) is 15.4 Å². The fourth-order valence-corrected chi connectivity index (χ4v) is 2.96. The molecule has 0 amide bonds. The minimum absolute atomic E-state index is 0.00343. The van der Waals surface area contributed by atoms with Crippen LogP contribution in [0.3, 0.4) is 0 Å². The van der Waals surface area contributed by atoms with Gasteiger partial charge in [-0.3, -0.25) is 4.52 Å². The van der Waals surface area contributed by atoms with E-state index in [1.165, 1.54) is 11.1 Å². The second-order valence-corrected chi connectivity index (χ2v) is 8.31. The number of hydrogen-bond acceptors (Lipinski definition) is 2. The third kappa shape index (κ3) is 4.00. The first-order chi connectivity index (χ1) is 10.6. The Kier molecular flexibility index (Phi) is 4.96. The van der Waals surface area contributed by atoms with Crippen molar-refractivity contribution in [3.05, 3.63) is 53.6 Å². The Morgan fingerprint density at radius 2 is 1.48 bits per heavy atom. The normalized spacial score (nSPS) is 12.4. The lowest BCUT2D eigenvalue weighted by molar-refractivity contribution is 0.525. The van der Waals surface area contributed by atoms with Crippen LogP contribution in [0.2, 0.25) is 0 Å². The molecule has 0 aromatic heterocycles. The topological polar surface area (TPSA) is 26.3 Å². The van der Waals surface area contributed by atoms with Crippen LogP contribution in [0, 0.1) is 0 Å². The molecule has 0 aliphatic carbocycles. The van der Waals surface area contributed by atoms with Gasteiger partial charge in [0.15, 0.2) is 5.75 Å². The van der Waals surface area contributed by atoms with Gasteiger partial charge in [0.25, 0.3) is 0 Å². The zero-order valence-corrected chi connectivity index (χ0v) is 15.9. The number of hydrogen-bond donors (Lipinski definition) is 0. The third-order valence-electron chi connectivity index (χ3n) is 4.02. The molecule has 0 aliphatic heterocycles. The van der Waals surface area contributed by atoms with Gasteiger partial charge < -0.3 is 0 Å². The summed E-state index contributed by atoms with van der Waals surface area (Å²) >= 11 is 0. The Hall–Kier alpha value is -1.66. The van der Waals surface area contributed by atoms with Gasteiger partial charge >= 0.3 is 8.69 Å². The highest BCUT2D eigenvalue weighted by Gasteiger charge is 2.24. The summed E-state index contributed by atoms with van der Waals surface area (Å²) in [7, 11) is -0.801. The van der Waals surface area contributed by atoms with E-state index in [0.717, 1.165) is 11.1 Å². The highest BCUT2D eigenvalue weighted by molar-refractivity contribution is 7.17. The van der Waals surface area contributed by atoms with Gasteiger partial charge in [0.05, 0.1) is 0 Å². The average Bonchev–Trinajstić information content (AvgIpc) is 2.46. The average molecular weight is 329 g/mol. The lowest BCUT2D eigenvalue weighted by Crippen LogP contribution is -2.17. The molecule has 2 aromatic carbocycles. The van der Waals surface area contributed by atoms with E-state index in [-0.39, 0.29) is 10.8 Å². The van der Waals surface area contributed by atoms with Gasteiger partial charge in [0.2, 0.25) is 0 Å². The van der Waals surface area contributed by atoms with E-state index in [1.54, 1.807) is 0 Å². The maximum absolute atomic E-state index is 11.0. The van der Waals surface area contributed by atoms with Gasteiger partial charge in [0.1, 0.15) is 0 Å². The second kappa shape index (κ2) is 6.45. The molecule has 122 valence electrons. The van der Waals surface area contributed by atoms with Crippen molar-refractivity contribution in [2.75, 3.05) is 0 Å². The molecular formula is C20H26O2P+. The van der Waals surface area contributed by atoms with Crippen LogP contribution >= 0.6 is 8.69 Å². The van der Waals surface area contributed by atoms with Crippen molar-refractivity contribution in [2.45, 2.75) is 52.4 Å². The first kappa shape index (κ1) is 17.7. The minimum atomic E-state index is -0.801. The van der Waals surface area contributed by atoms with Crippen molar-refractivity contribution >= 4 is 8.69 Å². The van der Waals surface area contributed by atoms with Crippen molar-refractivity contribution in [1.29, 1.82) is 0 Å². The van der Waals surface area contributed by atoms with Crippen LogP contribution in [0.4, 0.5) is 0 Å². The number of benzene rings is 2. The number of para-hydroxylation sites is 1. The Morgan fingerprint density at radius 3 is 2.04 bits per heavy atom. The second-order valence-electron chi connectivity index (χ2n) is 7.94. The maximum atomic E-state index is 11.0. The molecule has 0 saturated carbocycles. The van der Waals surface area contributed by atoms with E-state index < -0.39 is 8.69 Å². The Bertz CT molecular complexity index is 706. The summed E-state index contributed by atoms with van der Waals surface area (Å²) in [6.07, 6.45) is 0. The molecule has 0 fully saturated rings. The third-order valence-corrected chi connectivity index (χ3v) is 4.33. The summed E-state index contributed by atoms with van der Waals surface area (Å²) < 4.78 is 16.3. The van der Waals surface area contributed by atoms with Crippen molar-refractivity contribution in [1.82, 2.24) is 0 Å². The molecule has 1 unspecified atom stereocenters. The summed E-state index contributed by atoms with van der Waals surface area (Å²) in [4.78, 5) is 0. The lowest BCUT2D eigenvalue weighted by atomic mass is 9.77. The molecule has 2 nitrogen and oxygen atoms in total. The van der Waals surface area contributed by atoms with Crippen LogP contribution in [0.15, 0.2) is 42.5 Å². The minimum Gasteiger partial charge on any atom is -0.255 e. The van der Waals surface area contributed by atoms with Crippen molar-refractivity contribution < 1.29 is 9.09 Å². The largest absolute Gasteiger partial charge is 0.542 e. The predicted molar refractivity (Wildman–Crippen MR) is 98.9 cm³/mol. The summed E-state index contributed by atoms with van der Waals surface area (Å²) in [6, 6.07) is 14.4. The zero-order chi connectivity index (χ0) is 17.3. The fourth-order valence-electron chi connectivity index (χ4n) is 2.69. The van der Waals surface area contributed by atoms with Crippen LogP contribution in [0.5, 0.6) is 5.75 Å². The molecule has 0 aliphatic rings. The summed E-state index contributed by atoms with van der Waals surface area (Å²) in [6.45, 7) is 13.3. The van der Waals surface area contributed by atoms with Crippen LogP contribution in [0.25, 0.3) is 11.1 Å². The van der Waals surface area contributed by atoms with E-state index in [2.05, 4.69) is 59.7 Å². The van der Waals surface area contributed by atoms with Gasteiger partial charge in [-0.05, 0) is 38.2 Å². The molecule has 2 rings (SSSR count). The highest BCUT2D eigenvalue weighted by atomic mass is 31.1. The lowest BCUT2D eigenvalue weighted by Gasteiger charge is -2.27. The molecular weight excluding hydrogens is 303 g/mol. The Morgan fingerprint density at radius 1 is 0.826 bits per heavy atom. The number of rotatable bonds is 3. The van der Waals surface area contributed by atoms with Gasteiger partial charge in [0, 0.05) is 5.56 Å². The highest BCUT2D eigenvalue weighted by Crippen LogP contribution is 2.40. The molecule has 0 saturated heterocycles. The fraction of sp³-hybridized carbons (Fsp3) is 0.400.